The third kappa shape index (κ3) is 1.63. The maximum absolute atomic E-state index is 13.5. The first kappa shape index (κ1) is 10.9. The molecule has 0 bridgehead atoms. The molecule has 2 rings (SSSR count). The Labute approximate surface area is 94.8 Å². The lowest BCUT2D eigenvalue weighted by Gasteiger charge is -2.01. The van der Waals surface area contributed by atoms with Crippen LogP contribution in [-0.2, 0) is 0 Å². The first-order valence-electron chi connectivity index (χ1n) is 4.37. The molecule has 0 aliphatic heterocycles. The van der Waals surface area contributed by atoms with E-state index in [4.69, 9.17) is 21.9 Å². The van der Waals surface area contributed by atoms with Crippen LogP contribution in [0.15, 0.2) is 16.7 Å². The molecule has 1 heterocycles. The number of benzene rings is 1. The molecule has 0 aliphatic rings. The van der Waals surface area contributed by atoms with Crippen molar-refractivity contribution in [3.63, 3.8) is 0 Å². The van der Waals surface area contributed by atoms with Crippen LogP contribution in [0.25, 0.3) is 11.3 Å². The summed E-state index contributed by atoms with van der Waals surface area (Å²) in [5, 5.41) is 3.18. The third-order valence-corrected chi connectivity index (χ3v) is 2.50. The van der Waals surface area contributed by atoms with E-state index < -0.39 is 11.6 Å². The van der Waals surface area contributed by atoms with Gasteiger partial charge in [-0.2, -0.15) is 0 Å². The molecule has 0 aliphatic carbocycles. The van der Waals surface area contributed by atoms with Crippen molar-refractivity contribution in [3.05, 3.63) is 34.4 Å². The lowest BCUT2D eigenvalue weighted by molar-refractivity contribution is 0.432. The fourth-order valence-electron chi connectivity index (χ4n) is 1.30. The normalized spacial score (nSPS) is 10.8. The molecular weight excluding hydrogens is 238 g/mol. The molecule has 2 aromatic rings. The highest BCUT2D eigenvalue weighted by molar-refractivity contribution is 6.30. The number of hydrogen-bond acceptors (Lipinski definition) is 3. The van der Waals surface area contributed by atoms with Crippen molar-refractivity contribution in [3.8, 4) is 11.3 Å². The van der Waals surface area contributed by atoms with E-state index in [-0.39, 0.29) is 22.2 Å². The Kier molecular flexibility index (Phi) is 2.55. The van der Waals surface area contributed by atoms with Gasteiger partial charge in [0.1, 0.15) is 11.6 Å². The van der Waals surface area contributed by atoms with Crippen LogP contribution in [0.4, 0.5) is 14.6 Å². The zero-order valence-corrected chi connectivity index (χ0v) is 8.98. The molecule has 3 nitrogen and oxygen atoms in total. The SMILES string of the molecule is Cc1c(N)noc1-c1cc(F)c(Cl)cc1F. The van der Waals surface area contributed by atoms with E-state index in [0.29, 0.717) is 5.56 Å². The number of rotatable bonds is 1. The highest BCUT2D eigenvalue weighted by Crippen LogP contribution is 2.31. The minimum absolute atomic E-state index is 0.0522. The minimum atomic E-state index is -0.729. The molecule has 0 fully saturated rings. The average molecular weight is 245 g/mol. The van der Waals surface area contributed by atoms with Crippen LogP contribution in [0.2, 0.25) is 5.02 Å². The van der Waals surface area contributed by atoms with Crippen molar-refractivity contribution in [2.45, 2.75) is 6.92 Å². The van der Waals surface area contributed by atoms with Crippen LogP contribution in [0.3, 0.4) is 0 Å². The van der Waals surface area contributed by atoms with E-state index in [1.54, 1.807) is 6.92 Å². The maximum atomic E-state index is 13.5. The van der Waals surface area contributed by atoms with Gasteiger partial charge in [0.2, 0.25) is 0 Å². The Hall–Kier alpha value is -1.62. The zero-order chi connectivity index (χ0) is 11.9. The van der Waals surface area contributed by atoms with Gasteiger partial charge in [0.15, 0.2) is 11.6 Å². The molecule has 0 saturated carbocycles. The third-order valence-electron chi connectivity index (χ3n) is 2.21. The van der Waals surface area contributed by atoms with Gasteiger partial charge in [-0.05, 0) is 19.1 Å². The van der Waals surface area contributed by atoms with Crippen LogP contribution < -0.4 is 5.73 Å². The minimum Gasteiger partial charge on any atom is -0.381 e. The lowest BCUT2D eigenvalue weighted by Crippen LogP contribution is -1.90. The number of nitrogens with two attached hydrogens (primary N) is 1. The summed E-state index contributed by atoms with van der Waals surface area (Å²) in [5.74, 6) is -1.17. The van der Waals surface area contributed by atoms with E-state index in [9.17, 15) is 8.78 Å². The Balaban J connectivity index is 2.65. The second kappa shape index (κ2) is 3.75. The molecule has 2 N–H and O–H groups in total. The fourth-order valence-corrected chi connectivity index (χ4v) is 1.45. The van der Waals surface area contributed by atoms with Gasteiger partial charge in [-0.1, -0.05) is 16.8 Å². The van der Waals surface area contributed by atoms with Crippen molar-refractivity contribution < 1.29 is 13.3 Å². The summed E-state index contributed by atoms with van der Waals surface area (Å²) >= 11 is 5.43. The molecule has 0 amide bonds. The molecule has 0 radical (unpaired) electrons. The molecule has 84 valence electrons. The van der Waals surface area contributed by atoms with Gasteiger partial charge in [-0.3, -0.25) is 0 Å². The van der Waals surface area contributed by atoms with Gasteiger partial charge in [-0.25, -0.2) is 8.78 Å². The Bertz CT molecular complexity index is 554. The van der Waals surface area contributed by atoms with E-state index >= 15 is 0 Å². The summed E-state index contributed by atoms with van der Waals surface area (Å²) in [6.45, 7) is 1.60. The van der Waals surface area contributed by atoms with Crippen molar-refractivity contribution in [2.24, 2.45) is 0 Å². The molecule has 0 atom stereocenters. The van der Waals surface area contributed by atoms with Crippen molar-refractivity contribution >= 4 is 17.4 Å². The van der Waals surface area contributed by atoms with Gasteiger partial charge < -0.3 is 10.3 Å². The fraction of sp³-hybridized carbons (Fsp3) is 0.100. The summed E-state index contributed by atoms with van der Waals surface area (Å²) in [4.78, 5) is 0. The van der Waals surface area contributed by atoms with Gasteiger partial charge >= 0.3 is 0 Å². The Morgan fingerprint density at radius 1 is 1.31 bits per heavy atom. The highest BCUT2D eigenvalue weighted by Gasteiger charge is 2.17. The van der Waals surface area contributed by atoms with Gasteiger partial charge in [0.05, 0.1) is 10.6 Å². The van der Waals surface area contributed by atoms with E-state index in [1.165, 1.54) is 0 Å². The Morgan fingerprint density at radius 2 is 2.00 bits per heavy atom. The van der Waals surface area contributed by atoms with Gasteiger partial charge in [-0.15, -0.1) is 0 Å². The quantitative estimate of drug-likeness (QED) is 0.784. The first-order valence-corrected chi connectivity index (χ1v) is 4.75. The smallest absolute Gasteiger partial charge is 0.175 e. The van der Waals surface area contributed by atoms with E-state index in [2.05, 4.69) is 5.16 Å². The number of nitrogens with zero attached hydrogens (tertiary/aromatic N) is 1. The standard InChI is InChI=1S/C10H7ClF2N2O/c1-4-9(16-15-10(4)14)5-2-8(13)6(11)3-7(5)12/h2-3H,1H3,(H2,14,15). The summed E-state index contributed by atoms with van der Waals surface area (Å²) in [6.07, 6.45) is 0. The predicted octanol–water partition coefficient (Wildman–Crippen LogP) is 3.16. The molecule has 0 unspecified atom stereocenters. The molecule has 16 heavy (non-hydrogen) atoms. The second-order valence-electron chi connectivity index (χ2n) is 3.27. The second-order valence-corrected chi connectivity index (χ2v) is 3.68. The van der Waals surface area contributed by atoms with Crippen LogP contribution in [-0.4, -0.2) is 5.16 Å². The number of aromatic nitrogens is 1. The maximum Gasteiger partial charge on any atom is 0.175 e. The molecule has 1 aromatic heterocycles. The monoisotopic (exact) mass is 244 g/mol. The summed E-state index contributed by atoms with van der Waals surface area (Å²) in [5.41, 5.74) is 5.86. The summed E-state index contributed by atoms with van der Waals surface area (Å²) < 4.78 is 31.5. The largest absolute Gasteiger partial charge is 0.381 e. The summed E-state index contributed by atoms with van der Waals surface area (Å²) in [7, 11) is 0. The van der Waals surface area contributed by atoms with Crippen LogP contribution >= 0.6 is 11.6 Å². The predicted molar refractivity (Wildman–Crippen MR) is 56.0 cm³/mol. The lowest BCUT2D eigenvalue weighted by atomic mass is 10.1. The van der Waals surface area contributed by atoms with Crippen LogP contribution in [0.5, 0.6) is 0 Å². The Morgan fingerprint density at radius 3 is 2.56 bits per heavy atom. The first-order chi connectivity index (χ1) is 7.50. The highest BCUT2D eigenvalue weighted by atomic mass is 35.5. The average Bonchev–Trinajstić information content (AvgIpc) is 2.54. The zero-order valence-electron chi connectivity index (χ0n) is 8.22. The number of anilines is 1. The van der Waals surface area contributed by atoms with Crippen LogP contribution in [0.1, 0.15) is 5.56 Å². The summed E-state index contributed by atoms with van der Waals surface area (Å²) in [6, 6.07) is 1.83. The van der Waals surface area contributed by atoms with Crippen molar-refractivity contribution in [1.82, 2.24) is 5.16 Å². The molecular formula is C10H7ClF2N2O. The van der Waals surface area contributed by atoms with Gasteiger partial charge in [0.25, 0.3) is 0 Å². The number of halogens is 3. The van der Waals surface area contributed by atoms with E-state index in [0.717, 1.165) is 12.1 Å². The number of hydrogen-bond donors (Lipinski definition) is 1. The van der Waals surface area contributed by atoms with Crippen molar-refractivity contribution in [1.29, 1.82) is 0 Å². The number of nitrogen functional groups attached to an aromatic ring is 1. The molecule has 1 aromatic carbocycles. The molecule has 0 spiro atoms. The molecule has 0 saturated heterocycles. The van der Waals surface area contributed by atoms with E-state index in [1.807, 2.05) is 0 Å². The van der Waals surface area contributed by atoms with Crippen LogP contribution in [0, 0.1) is 18.6 Å². The van der Waals surface area contributed by atoms with Crippen molar-refractivity contribution in [2.75, 3.05) is 5.73 Å². The topological polar surface area (TPSA) is 52.0 Å². The van der Waals surface area contributed by atoms with Gasteiger partial charge in [0, 0.05) is 5.56 Å². The molecule has 6 heteroatoms.